The minimum Gasteiger partial charge on any atom is -0.489 e. The van der Waals surface area contributed by atoms with Crippen LogP contribution in [0.25, 0.3) is 11.0 Å². The third-order valence-corrected chi connectivity index (χ3v) is 7.55. The molecule has 10 nitrogen and oxygen atoms in total. The van der Waals surface area contributed by atoms with Gasteiger partial charge in [-0.3, -0.25) is 4.79 Å². The van der Waals surface area contributed by atoms with Crippen LogP contribution < -0.4 is 14.2 Å². The predicted molar refractivity (Wildman–Crippen MR) is 138 cm³/mol. The first-order valence-electron chi connectivity index (χ1n) is 12.0. The van der Waals surface area contributed by atoms with Crippen molar-refractivity contribution in [3.63, 3.8) is 0 Å². The number of pyridine rings is 1. The van der Waals surface area contributed by atoms with E-state index in [2.05, 4.69) is 9.97 Å². The summed E-state index contributed by atoms with van der Waals surface area (Å²) in [5, 5.41) is 10.3. The van der Waals surface area contributed by atoms with E-state index in [1.165, 1.54) is 30.5 Å². The number of nitrogens with one attached hydrogen (secondary N) is 2. The standard InChI is InChI=1S/C27H23FN4O6S/c28-27(8-11-36-12-9-27)17-37-23-6-5-21(14-19(23)15-29)39(34,35)32-26(33)22-3-1-2-4-24(22)38-20-13-18-7-10-30-25(18)31-16-20/h1-7,10,13-14,16H,8-9,11-12,17H2,(H,30,31)(H,32,33). The lowest BCUT2D eigenvalue weighted by molar-refractivity contribution is -0.0324. The van der Waals surface area contributed by atoms with Crippen LogP contribution in [0.15, 0.2) is 71.9 Å². The lowest BCUT2D eigenvalue weighted by atomic mass is 9.98. The summed E-state index contributed by atoms with van der Waals surface area (Å²) in [6.45, 7) is 0.251. The van der Waals surface area contributed by atoms with Gasteiger partial charge in [0, 0.05) is 37.6 Å². The topological polar surface area (TPSA) is 143 Å². The average Bonchev–Trinajstić information content (AvgIpc) is 3.40. The van der Waals surface area contributed by atoms with Crippen LogP contribution in [0.3, 0.4) is 0 Å². The number of halogens is 1. The van der Waals surface area contributed by atoms with E-state index in [4.69, 9.17) is 14.2 Å². The molecule has 1 fully saturated rings. The highest BCUT2D eigenvalue weighted by Crippen LogP contribution is 2.30. The Morgan fingerprint density at radius 1 is 1.15 bits per heavy atom. The van der Waals surface area contributed by atoms with Crippen LogP contribution in [-0.2, 0) is 14.8 Å². The Morgan fingerprint density at radius 3 is 2.74 bits per heavy atom. The molecule has 0 atom stereocenters. The second kappa shape index (κ2) is 10.7. The van der Waals surface area contributed by atoms with Gasteiger partial charge in [0.25, 0.3) is 15.9 Å². The number of carbonyl (C=O) groups excluding carboxylic acids is 1. The zero-order valence-corrected chi connectivity index (χ0v) is 21.3. The molecule has 12 heteroatoms. The van der Waals surface area contributed by atoms with Crippen molar-refractivity contribution in [1.29, 1.82) is 5.26 Å². The first-order valence-corrected chi connectivity index (χ1v) is 13.5. The second-order valence-electron chi connectivity index (χ2n) is 8.94. The van der Waals surface area contributed by atoms with E-state index in [0.29, 0.717) is 11.4 Å². The Labute approximate surface area is 223 Å². The van der Waals surface area contributed by atoms with Crippen molar-refractivity contribution < 1.29 is 31.8 Å². The Morgan fingerprint density at radius 2 is 1.95 bits per heavy atom. The molecule has 0 bridgehead atoms. The van der Waals surface area contributed by atoms with Gasteiger partial charge in [0.2, 0.25) is 0 Å². The first kappa shape index (κ1) is 26.1. The molecule has 3 heterocycles. The number of nitrogens with zero attached hydrogens (tertiary/aromatic N) is 2. The molecule has 2 aromatic carbocycles. The number of nitriles is 1. The molecule has 0 spiro atoms. The molecule has 5 rings (SSSR count). The zero-order valence-electron chi connectivity index (χ0n) is 20.5. The number of aromatic amines is 1. The molecular formula is C27H23FN4O6S. The first-order chi connectivity index (χ1) is 18.8. The number of amides is 1. The number of sulfonamides is 1. The smallest absolute Gasteiger partial charge is 0.268 e. The van der Waals surface area contributed by atoms with Gasteiger partial charge in [0.1, 0.15) is 41.2 Å². The van der Waals surface area contributed by atoms with Crippen LogP contribution in [0.2, 0.25) is 0 Å². The molecule has 2 aromatic heterocycles. The summed E-state index contributed by atoms with van der Waals surface area (Å²) < 4.78 is 59.4. The predicted octanol–water partition coefficient (Wildman–Crippen LogP) is 4.24. The van der Waals surface area contributed by atoms with Crippen LogP contribution in [0.4, 0.5) is 4.39 Å². The molecule has 2 N–H and O–H groups in total. The van der Waals surface area contributed by atoms with E-state index in [9.17, 15) is 22.9 Å². The van der Waals surface area contributed by atoms with Crippen LogP contribution in [-0.4, -0.2) is 49.8 Å². The van der Waals surface area contributed by atoms with Crippen LogP contribution in [0.1, 0.15) is 28.8 Å². The minimum absolute atomic E-state index is 0.0274. The summed E-state index contributed by atoms with van der Waals surface area (Å²) in [5.41, 5.74) is -1.07. The monoisotopic (exact) mass is 550 g/mol. The number of ether oxygens (including phenoxy) is 3. The van der Waals surface area contributed by atoms with Crippen LogP contribution in [0, 0.1) is 11.3 Å². The molecule has 200 valence electrons. The van der Waals surface area contributed by atoms with E-state index in [0.717, 1.165) is 11.5 Å². The molecule has 1 amide bonds. The third kappa shape index (κ3) is 5.84. The number of para-hydroxylation sites is 1. The van der Waals surface area contributed by atoms with Crippen molar-refractivity contribution in [2.24, 2.45) is 0 Å². The highest BCUT2D eigenvalue weighted by atomic mass is 32.2. The number of benzene rings is 2. The minimum atomic E-state index is -4.38. The molecule has 4 aromatic rings. The molecule has 0 saturated carbocycles. The lowest BCUT2D eigenvalue weighted by Gasteiger charge is -2.29. The largest absolute Gasteiger partial charge is 0.489 e. The Balaban J connectivity index is 1.32. The molecule has 1 saturated heterocycles. The Bertz CT molecular complexity index is 1680. The van der Waals surface area contributed by atoms with E-state index < -0.39 is 21.6 Å². The quantitative estimate of drug-likeness (QED) is 0.332. The number of aromatic nitrogens is 2. The molecule has 0 radical (unpaired) electrons. The zero-order chi connectivity index (χ0) is 27.5. The van der Waals surface area contributed by atoms with Crippen molar-refractivity contribution in [3.8, 4) is 23.3 Å². The maximum atomic E-state index is 14.8. The molecule has 1 aliphatic rings. The fraction of sp³-hybridized carbons (Fsp3) is 0.222. The molecule has 39 heavy (non-hydrogen) atoms. The summed E-state index contributed by atoms with van der Waals surface area (Å²) in [7, 11) is -4.38. The summed E-state index contributed by atoms with van der Waals surface area (Å²) in [4.78, 5) is 19.9. The van der Waals surface area contributed by atoms with Crippen LogP contribution in [0.5, 0.6) is 17.2 Å². The van der Waals surface area contributed by atoms with Crippen LogP contribution >= 0.6 is 0 Å². The van der Waals surface area contributed by atoms with Gasteiger partial charge in [-0.1, -0.05) is 12.1 Å². The van der Waals surface area contributed by atoms with E-state index in [1.54, 1.807) is 24.4 Å². The fourth-order valence-corrected chi connectivity index (χ4v) is 5.05. The van der Waals surface area contributed by atoms with Gasteiger partial charge >= 0.3 is 0 Å². The van der Waals surface area contributed by atoms with Gasteiger partial charge in [-0.25, -0.2) is 22.5 Å². The summed E-state index contributed by atoms with van der Waals surface area (Å²) in [6.07, 6.45) is 3.53. The summed E-state index contributed by atoms with van der Waals surface area (Å²) in [6, 6.07) is 15.1. The number of hydrogen-bond donors (Lipinski definition) is 2. The van der Waals surface area contributed by atoms with Gasteiger partial charge < -0.3 is 19.2 Å². The SMILES string of the molecule is N#Cc1cc(S(=O)(=O)NC(=O)c2ccccc2Oc2cnc3[nH]ccc3c2)ccc1OCC1(F)CCOCC1. The van der Waals surface area contributed by atoms with Crippen molar-refractivity contribution >= 4 is 27.0 Å². The fourth-order valence-electron chi connectivity index (χ4n) is 4.06. The number of fused-ring (bicyclic) bond motifs is 1. The van der Waals surface area contributed by atoms with Gasteiger partial charge in [-0.2, -0.15) is 5.26 Å². The average molecular weight is 551 g/mol. The lowest BCUT2D eigenvalue weighted by Crippen LogP contribution is -2.37. The van der Waals surface area contributed by atoms with E-state index in [1.807, 2.05) is 16.9 Å². The second-order valence-corrected chi connectivity index (χ2v) is 10.6. The number of H-pyrrole nitrogens is 1. The number of rotatable bonds is 8. The Kier molecular flexibility index (Phi) is 7.19. The molecule has 0 unspecified atom stereocenters. The van der Waals surface area contributed by atoms with Gasteiger partial charge in [0.15, 0.2) is 0 Å². The maximum Gasteiger partial charge on any atom is 0.268 e. The van der Waals surface area contributed by atoms with Crippen molar-refractivity contribution in [2.75, 3.05) is 19.8 Å². The van der Waals surface area contributed by atoms with Crippen molar-refractivity contribution in [1.82, 2.24) is 14.7 Å². The highest BCUT2D eigenvalue weighted by molar-refractivity contribution is 7.90. The maximum absolute atomic E-state index is 14.8. The van der Waals surface area contributed by atoms with Gasteiger partial charge in [-0.05, 0) is 42.5 Å². The Hall–Kier alpha value is -4.47. The third-order valence-electron chi connectivity index (χ3n) is 6.22. The van der Waals surface area contributed by atoms with Crippen molar-refractivity contribution in [3.05, 3.63) is 78.1 Å². The molecule has 1 aliphatic heterocycles. The van der Waals surface area contributed by atoms with Crippen molar-refractivity contribution in [2.45, 2.75) is 23.4 Å². The van der Waals surface area contributed by atoms with E-state index >= 15 is 0 Å². The normalized spacial score (nSPS) is 14.9. The van der Waals surface area contributed by atoms with E-state index in [-0.39, 0.29) is 60.2 Å². The summed E-state index contributed by atoms with van der Waals surface area (Å²) >= 11 is 0. The number of hydrogen-bond acceptors (Lipinski definition) is 8. The molecular weight excluding hydrogens is 527 g/mol. The number of carbonyl (C=O) groups is 1. The summed E-state index contributed by atoms with van der Waals surface area (Å²) in [5.74, 6) is -0.413. The van der Waals surface area contributed by atoms with Gasteiger partial charge in [-0.15, -0.1) is 0 Å². The van der Waals surface area contributed by atoms with Gasteiger partial charge in [0.05, 0.1) is 22.2 Å². The number of alkyl halides is 1. The highest BCUT2D eigenvalue weighted by Gasteiger charge is 2.33. The molecule has 0 aliphatic carbocycles.